The molecule has 7 nitrogen and oxygen atoms in total. The minimum atomic E-state index is -0.301. The average molecular weight is 386 g/mol. The van der Waals surface area contributed by atoms with Gasteiger partial charge in [-0.1, -0.05) is 6.07 Å². The lowest BCUT2D eigenvalue weighted by molar-refractivity contribution is -0.121. The second kappa shape index (κ2) is 8.68. The third kappa shape index (κ3) is 4.85. The molecule has 1 aliphatic rings. The van der Waals surface area contributed by atoms with Gasteiger partial charge in [0.2, 0.25) is 5.91 Å². The summed E-state index contributed by atoms with van der Waals surface area (Å²) in [5.74, 6) is -0.329. The molecule has 3 N–H and O–H groups in total. The molecular weight excluding hydrogens is 364 g/mol. The molecule has 0 aliphatic carbocycles. The van der Waals surface area contributed by atoms with E-state index in [4.69, 9.17) is 0 Å². The van der Waals surface area contributed by atoms with Crippen LogP contribution < -0.4 is 16.0 Å². The number of nitrogens with zero attached hydrogens (tertiary/aromatic N) is 1. The molecular formula is C19H22N4O3S. The molecule has 8 heteroatoms. The number of urea groups is 1. The van der Waals surface area contributed by atoms with Crippen LogP contribution in [0.4, 0.5) is 16.2 Å². The smallest absolute Gasteiger partial charge is 0.318 e. The molecule has 1 atom stereocenters. The Hall–Kier alpha value is -2.87. The van der Waals surface area contributed by atoms with Crippen LogP contribution in [0.15, 0.2) is 41.8 Å². The first kappa shape index (κ1) is 18.9. The molecule has 1 saturated heterocycles. The van der Waals surface area contributed by atoms with E-state index in [1.807, 2.05) is 17.5 Å². The summed E-state index contributed by atoms with van der Waals surface area (Å²) in [6.07, 6.45) is 1.57. The number of piperidine rings is 1. The summed E-state index contributed by atoms with van der Waals surface area (Å²) in [6, 6.07) is 10.3. The van der Waals surface area contributed by atoms with E-state index in [2.05, 4.69) is 16.0 Å². The summed E-state index contributed by atoms with van der Waals surface area (Å²) in [5, 5.41) is 9.91. The molecule has 1 aromatic heterocycles. The number of carbonyl (C=O) groups excluding carboxylic acids is 3. The van der Waals surface area contributed by atoms with E-state index in [-0.39, 0.29) is 23.8 Å². The van der Waals surface area contributed by atoms with Gasteiger partial charge in [0.25, 0.3) is 5.91 Å². The zero-order valence-corrected chi connectivity index (χ0v) is 15.8. The van der Waals surface area contributed by atoms with Crippen molar-refractivity contribution in [2.75, 3.05) is 30.8 Å². The SMILES string of the molecule is CNC(=O)Nc1ccc(NC(=O)C2CCCN(C(=O)c3cccs3)C2)cc1. The first-order valence-corrected chi connectivity index (χ1v) is 9.67. The van der Waals surface area contributed by atoms with Crippen molar-refractivity contribution in [2.45, 2.75) is 12.8 Å². The number of thiophene rings is 1. The van der Waals surface area contributed by atoms with Crippen LogP contribution in [-0.2, 0) is 4.79 Å². The van der Waals surface area contributed by atoms with E-state index >= 15 is 0 Å². The van der Waals surface area contributed by atoms with Crippen LogP contribution in [0.25, 0.3) is 0 Å². The van der Waals surface area contributed by atoms with Crippen LogP contribution in [0.2, 0.25) is 0 Å². The summed E-state index contributed by atoms with van der Waals surface area (Å²) in [4.78, 5) is 38.9. The molecule has 0 spiro atoms. The summed E-state index contributed by atoms with van der Waals surface area (Å²) in [5.41, 5.74) is 1.29. The van der Waals surface area contributed by atoms with E-state index in [1.165, 1.54) is 11.3 Å². The summed E-state index contributed by atoms with van der Waals surface area (Å²) in [7, 11) is 1.54. The quantitative estimate of drug-likeness (QED) is 0.754. The lowest BCUT2D eigenvalue weighted by Gasteiger charge is -2.31. The third-order valence-electron chi connectivity index (χ3n) is 4.45. The lowest BCUT2D eigenvalue weighted by Crippen LogP contribution is -2.43. The molecule has 0 bridgehead atoms. The van der Waals surface area contributed by atoms with Crippen molar-refractivity contribution in [2.24, 2.45) is 5.92 Å². The molecule has 27 heavy (non-hydrogen) atoms. The van der Waals surface area contributed by atoms with E-state index in [1.54, 1.807) is 36.2 Å². The number of nitrogens with one attached hydrogen (secondary N) is 3. The van der Waals surface area contributed by atoms with Crippen molar-refractivity contribution in [3.63, 3.8) is 0 Å². The van der Waals surface area contributed by atoms with E-state index < -0.39 is 0 Å². The minimum Gasteiger partial charge on any atom is -0.341 e. The maximum atomic E-state index is 12.6. The van der Waals surface area contributed by atoms with Gasteiger partial charge < -0.3 is 20.9 Å². The number of anilines is 2. The van der Waals surface area contributed by atoms with Crippen LogP contribution in [0.1, 0.15) is 22.5 Å². The molecule has 0 saturated carbocycles. The highest BCUT2D eigenvalue weighted by Crippen LogP contribution is 2.22. The largest absolute Gasteiger partial charge is 0.341 e. The van der Waals surface area contributed by atoms with Crippen LogP contribution in [0.3, 0.4) is 0 Å². The van der Waals surface area contributed by atoms with Gasteiger partial charge in [-0.2, -0.15) is 0 Å². The predicted octanol–water partition coefficient (Wildman–Crippen LogP) is 2.99. The molecule has 3 rings (SSSR count). The molecule has 142 valence electrons. The highest BCUT2D eigenvalue weighted by molar-refractivity contribution is 7.12. The topological polar surface area (TPSA) is 90.5 Å². The number of likely N-dealkylation sites (tertiary alicyclic amines) is 1. The highest BCUT2D eigenvalue weighted by Gasteiger charge is 2.29. The Morgan fingerprint density at radius 1 is 1.07 bits per heavy atom. The number of amides is 4. The Kier molecular flexibility index (Phi) is 6.08. The van der Waals surface area contributed by atoms with E-state index in [9.17, 15) is 14.4 Å². The van der Waals surface area contributed by atoms with Gasteiger partial charge >= 0.3 is 6.03 Å². The monoisotopic (exact) mass is 386 g/mol. The number of hydrogen-bond acceptors (Lipinski definition) is 4. The second-order valence-corrected chi connectivity index (χ2v) is 7.29. The van der Waals surface area contributed by atoms with Gasteiger partial charge in [0, 0.05) is 31.5 Å². The Morgan fingerprint density at radius 2 is 1.78 bits per heavy atom. The number of benzene rings is 1. The first-order chi connectivity index (χ1) is 13.1. The molecule has 1 unspecified atom stereocenters. The fraction of sp³-hybridized carbons (Fsp3) is 0.316. The Morgan fingerprint density at radius 3 is 2.41 bits per heavy atom. The van der Waals surface area contributed by atoms with Gasteiger partial charge in [0.15, 0.2) is 0 Å². The van der Waals surface area contributed by atoms with Crippen LogP contribution in [0, 0.1) is 5.92 Å². The normalized spacial score (nSPS) is 16.5. The van der Waals surface area contributed by atoms with Gasteiger partial charge in [-0.25, -0.2) is 4.79 Å². The molecule has 4 amide bonds. The van der Waals surface area contributed by atoms with Crippen molar-refractivity contribution >= 4 is 40.6 Å². The van der Waals surface area contributed by atoms with Gasteiger partial charge in [0.1, 0.15) is 0 Å². The van der Waals surface area contributed by atoms with Crippen LogP contribution in [0.5, 0.6) is 0 Å². The fourth-order valence-electron chi connectivity index (χ4n) is 3.01. The van der Waals surface area contributed by atoms with E-state index in [0.717, 1.165) is 12.8 Å². The van der Waals surface area contributed by atoms with Crippen molar-refractivity contribution in [1.29, 1.82) is 0 Å². The third-order valence-corrected chi connectivity index (χ3v) is 5.31. The average Bonchev–Trinajstić information content (AvgIpc) is 3.23. The van der Waals surface area contributed by atoms with Crippen LogP contribution in [-0.4, -0.2) is 42.9 Å². The zero-order valence-electron chi connectivity index (χ0n) is 15.0. The predicted molar refractivity (Wildman–Crippen MR) is 106 cm³/mol. The molecule has 2 aromatic rings. The maximum absolute atomic E-state index is 12.6. The minimum absolute atomic E-state index is 0.00729. The Labute approximate surface area is 161 Å². The molecule has 1 aliphatic heterocycles. The number of hydrogen-bond donors (Lipinski definition) is 3. The molecule has 0 radical (unpaired) electrons. The van der Waals surface area contributed by atoms with E-state index in [0.29, 0.717) is 29.3 Å². The maximum Gasteiger partial charge on any atom is 0.318 e. The summed E-state index contributed by atoms with van der Waals surface area (Å²) < 4.78 is 0. The zero-order chi connectivity index (χ0) is 19.2. The van der Waals surface area contributed by atoms with Gasteiger partial charge in [-0.15, -0.1) is 11.3 Å². The van der Waals surface area contributed by atoms with Crippen LogP contribution >= 0.6 is 11.3 Å². The number of rotatable bonds is 4. The Balaban J connectivity index is 1.57. The van der Waals surface area contributed by atoms with Gasteiger partial charge in [-0.3, -0.25) is 9.59 Å². The molecule has 1 fully saturated rings. The van der Waals surface area contributed by atoms with Crippen molar-refractivity contribution in [3.05, 3.63) is 46.7 Å². The highest BCUT2D eigenvalue weighted by atomic mass is 32.1. The number of carbonyl (C=O) groups is 3. The molecule has 1 aromatic carbocycles. The first-order valence-electron chi connectivity index (χ1n) is 8.79. The van der Waals surface area contributed by atoms with Gasteiger partial charge in [0.05, 0.1) is 10.8 Å². The second-order valence-electron chi connectivity index (χ2n) is 6.34. The molecule has 2 heterocycles. The Bertz CT molecular complexity index is 805. The standard InChI is InChI=1S/C19H22N4O3S/c1-20-19(26)22-15-8-6-14(7-9-15)21-17(24)13-4-2-10-23(12-13)18(25)16-5-3-11-27-16/h3,5-9,11,13H,2,4,10,12H2,1H3,(H,21,24)(H2,20,22,26). The van der Waals surface area contributed by atoms with Crippen molar-refractivity contribution < 1.29 is 14.4 Å². The fourth-order valence-corrected chi connectivity index (χ4v) is 3.70. The van der Waals surface area contributed by atoms with Gasteiger partial charge in [-0.05, 0) is 48.6 Å². The summed E-state index contributed by atoms with van der Waals surface area (Å²) >= 11 is 1.42. The van der Waals surface area contributed by atoms with Crippen molar-refractivity contribution in [1.82, 2.24) is 10.2 Å². The lowest BCUT2D eigenvalue weighted by atomic mass is 9.97. The van der Waals surface area contributed by atoms with Crippen molar-refractivity contribution in [3.8, 4) is 0 Å². The summed E-state index contributed by atoms with van der Waals surface area (Å²) in [6.45, 7) is 1.11.